The van der Waals surface area contributed by atoms with Crippen molar-refractivity contribution in [1.29, 1.82) is 0 Å². The Bertz CT molecular complexity index is 2810. The van der Waals surface area contributed by atoms with Crippen LogP contribution in [0.3, 0.4) is 0 Å². The number of aromatic nitrogens is 3. The van der Waals surface area contributed by atoms with Crippen LogP contribution < -0.4 is 21.1 Å². The first-order valence-corrected chi connectivity index (χ1v) is 27.3. The molecule has 0 saturated carbocycles. The lowest BCUT2D eigenvalue weighted by Gasteiger charge is -2.48. The van der Waals surface area contributed by atoms with E-state index < -0.39 is 73.4 Å². The fourth-order valence-corrected chi connectivity index (χ4v) is 15.1. The van der Waals surface area contributed by atoms with E-state index in [1.807, 2.05) is 56.3 Å². The Hall–Kier alpha value is -5.99. The Morgan fingerprint density at radius 2 is 1.61 bits per heavy atom. The quantitative estimate of drug-likeness (QED) is 0.0375. The van der Waals surface area contributed by atoms with Crippen molar-refractivity contribution in [2.45, 2.75) is 142 Å². The van der Waals surface area contributed by atoms with Gasteiger partial charge >= 0.3 is 18.2 Å². The van der Waals surface area contributed by atoms with Gasteiger partial charge in [0, 0.05) is 54.8 Å². The summed E-state index contributed by atoms with van der Waals surface area (Å²) < 4.78 is 75.1. The number of rotatable bonds is 18. The number of benzene rings is 3. The minimum absolute atomic E-state index is 0.141. The van der Waals surface area contributed by atoms with Crippen LogP contribution in [0.1, 0.15) is 99.2 Å². The van der Waals surface area contributed by atoms with Crippen molar-refractivity contribution in [3.05, 3.63) is 114 Å². The molecule has 0 spiro atoms. The number of hydrogen-bond donors (Lipinski definition) is 2. The highest BCUT2D eigenvalue weighted by molar-refractivity contribution is 7.09. The number of aliphatic imine (C=N–C) groups is 1. The number of hydrogen-bond acceptors (Lipinski definition) is 12. The van der Waals surface area contributed by atoms with Crippen LogP contribution in [0.5, 0.6) is 0 Å². The highest BCUT2D eigenvalue weighted by Crippen LogP contribution is 2.44. The lowest BCUT2D eigenvalue weighted by molar-refractivity contribution is -0.150. The summed E-state index contributed by atoms with van der Waals surface area (Å²) in [6.07, 6.45) is -2.08. The summed E-state index contributed by atoms with van der Waals surface area (Å²) in [4.78, 5) is 49.4. The van der Waals surface area contributed by atoms with Gasteiger partial charge in [-0.2, -0.15) is 17.5 Å². The maximum absolute atomic E-state index is 15.1. The van der Waals surface area contributed by atoms with Gasteiger partial charge in [0.05, 0.1) is 30.2 Å². The summed E-state index contributed by atoms with van der Waals surface area (Å²) >= 11 is 1.04. The van der Waals surface area contributed by atoms with Gasteiger partial charge in [0.25, 0.3) is 14.2 Å². The number of fused-ring (bicyclic) bond motifs is 1. The second-order valence-corrected chi connectivity index (χ2v) is 26.0. The van der Waals surface area contributed by atoms with E-state index >= 15 is 13.2 Å². The lowest BCUT2D eigenvalue weighted by Crippen LogP contribution is -2.69. The number of allylic oxidation sites excluding steroid dienone is 2. The van der Waals surface area contributed by atoms with E-state index in [0.29, 0.717) is 51.1 Å². The van der Waals surface area contributed by atoms with Gasteiger partial charge in [-0.1, -0.05) is 94.1 Å². The van der Waals surface area contributed by atoms with Crippen molar-refractivity contribution >= 4 is 70.9 Å². The smallest absolute Gasteiger partial charge is 0.408 e. The van der Waals surface area contributed by atoms with E-state index in [1.165, 1.54) is 29.9 Å². The molecule has 0 aliphatic carbocycles. The normalized spacial score (nSPS) is 16.2. The first-order valence-electron chi connectivity index (χ1n) is 24.7. The summed E-state index contributed by atoms with van der Waals surface area (Å²) in [5, 5.41) is 6.56. The van der Waals surface area contributed by atoms with E-state index in [9.17, 15) is 14.4 Å². The van der Waals surface area contributed by atoms with Gasteiger partial charge in [-0.25, -0.2) is 15.2 Å². The second kappa shape index (κ2) is 23.3. The number of ether oxygens (including phenoxy) is 3. The number of amides is 2. The summed E-state index contributed by atoms with van der Waals surface area (Å²) in [5.41, 5.74) is 3.46. The van der Waals surface area contributed by atoms with Gasteiger partial charge in [-0.05, 0) is 112 Å². The standard InChI is InChI=1S/C55H70F3N7O7SSi/c1-14-39(46(59-15-2)35(3)69-12)47-41(33-54(10,11)72-74(53(7,8)9,37-23-18-16-19-24-37)38-25-20-17-21-26-38)40-31-36(28-29-44(40)64(47)34-55(56,57)58)48-61-45(63-73-48)32-43(60-51(68)71-52(4,5)6)49(66)65-30-22-27-42(62-65)50(67)70-13/h14-21,23-26,28-29,31,35,42-43,62H,1,22,27,30,32-34H2,2-13H3,(H,60,68)/b46-39+,59-15-/t35-,42-,43-/m0/s1. The molecule has 2 aromatic heterocycles. The average molecular weight is 1060 g/mol. The lowest BCUT2D eigenvalue weighted by atomic mass is 9.92. The molecule has 3 atom stereocenters. The van der Waals surface area contributed by atoms with E-state index in [0.717, 1.165) is 21.9 Å². The zero-order chi connectivity index (χ0) is 54.4. The van der Waals surface area contributed by atoms with Gasteiger partial charge in [0.15, 0.2) is 0 Å². The molecule has 5 aromatic rings. The van der Waals surface area contributed by atoms with Crippen LogP contribution in [0, 0.1) is 0 Å². The molecule has 2 amide bonds. The molecule has 1 saturated heterocycles. The van der Waals surface area contributed by atoms with Gasteiger partial charge in [0.1, 0.15) is 35.1 Å². The Morgan fingerprint density at radius 3 is 2.15 bits per heavy atom. The number of carbonyl (C=O) groups is 3. The Balaban J connectivity index is 1.54. The highest BCUT2D eigenvalue weighted by atomic mass is 32.1. The van der Waals surface area contributed by atoms with Crippen LogP contribution in [0.4, 0.5) is 18.0 Å². The third-order valence-electron chi connectivity index (χ3n) is 12.7. The fourth-order valence-electron chi connectivity index (χ4n) is 9.61. The number of methoxy groups -OCH3 is 2. The van der Waals surface area contributed by atoms with Crippen LogP contribution in [0.2, 0.25) is 5.04 Å². The predicted molar refractivity (Wildman–Crippen MR) is 288 cm³/mol. The topological polar surface area (TPSA) is 158 Å². The SMILES string of the molecule is C=C/C(=C(\N=C/C)[C@H](C)OC)c1c(CC(C)(C)O[Si](c2ccccc2)(c2ccccc2)C(C)(C)C)c2cc(-c3nc(C[C@H](NC(=O)OC(C)(C)C)C(=O)N4CCC[C@@H](C(=O)OC)N4)ns3)ccc2n1CC(F)(F)F. The molecular formula is C55H70F3N7O7SSi. The molecule has 1 fully saturated rings. The van der Waals surface area contributed by atoms with Gasteiger partial charge in [0.2, 0.25) is 0 Å². The van der Waals surface area contributed by atoms with Crippen LogP contribution >= 0.6 is 11.5 Å². The third kappa shape index (κ3) is 13.3. The first-order chi connectivity index (χ1) is 34.8. The molecule has 1 aliphatic heterocycles. The number of nitrogens with zero attached hydrogens (tertiary/aromatic N) is 5. The molecule has 3 aromatic carbocycles. The number of hydrazine groups is 1. The first kappa shape index (κ1) is 57.3. The highest BCUT2D eigenvalue weighted by Gasteiger charge is 2.53. The van der Waals surface area contributed by atoms with Crippen LogP contribution in [-0.4, -0.2) is 108 Å². The van der Waals surface area contributed by atoms with Crippen molar-refractivity contribution in [2.24, 2.45) is 4.99 Å². The van der Waals surface area contributed by atoms with E-state index in [1.54, 1.807) is 53.0 Å². The Kier molecular flexibility index (Phi) is 18.0. The van der Waals surface area contributed by atoms with E-state index in [-0.39, 0.29) is 30.9 Å². The monoisotopic (exact) mass is 1060 g/mol. The maximum Gasteiger partial charge on any atom is 0.408 e. The predicted octanol–water partition coefficient (Wildman–Crippen LogP) is 9.75. The van der Waals surface area contributed by atoms with Crippen molar-refractivity contribution in [1.82, 2.24) is 29.7 Å². The molecule has 2 N–H and O–H groups in total. The second-order valence-electron chi connectivity index (χ2n) is 21.0. The number of halogens is 3. The fraction of sp³-hybridized carbons (Fsp3) is 0.455. The number of alkyl halides is 3. The van der Waals surface area contributed by atoms with E-state index in [4.69, 9.17) is 23.6 Å². The Labute approximate surface area is 437 Å². The largest absolute Gasteiger partial charge is 0.468 e. The molecule has 0 radical (unpaired) electrons. The maximum atomic E-state index is 15.1. The third-order valence-corrected chi connectivity index (χ3v) is 18.8. The molecule has 14 nitrogen and oxygen atoms in total. The average Bonchev–Trinajstić information content (AvgIpc) is 3.92. The van der Waals surface area contributed by atoms with Crippen molar-refractivity contribution in [3.8, 4) is 10.6 Å². The molecule has 6 rings (SSSR count). The number of carbonyl (C=O) groups excluding carboxylic acids is 3. The van der Waals surface area contributed by atoms with E-state index in [2.05, 4.69) is 71.7 Å². The minimum Gasteiger partial charge on any atom is -0.468 e. The van der Waals surface area contributed by atoms with Gasteiger partial charge in [-0.3, -0.25) is 19.6 Å². The summed E-state index contributed by atoms with van der Waals surface area (Å²) in [6, 6.07) is 23.5. The molecule has 0 bridgehead atoms. The number of nitrogens with one attached hydrogen (secondary N) is 2. The van der Waals surface area contributed by atoms with Crippen LogP contribution in [0.15, 0.2) is 102 Å². The van der Waals surface area contributed by atoms with Crippen molar-refractivity contribution < 1.29 is 46.2 Å². The van der Waals surface area contributed by atoms with Crippen LogP contribution in [0.25, 0.3) is 27.0 Å². The minimum atomic E-state index is -4.65. The molecule has 398 valence electrons. The Morgan fingerprint density at radius 1 is 0.973 bits per heavy atom. The van der Waals surface area contributed by atoms with Crippen LogP contribution in [-0.2, 0) is 47.6 Å². The molecule has 74 heavy (non-hydrogen) atoms. The molecule has 0 unspecified atom stereocenters. The van der Waals surface area contributed by atoms with Crippen molar-refractivity contribution in [3.63, 3.8) is 0 Å². The van der Waals surface area contributed by atoms with Gasteiger partial charge in [-0.15, -0.1) is 0 Å². The molecular weight excluding hydrogens is 988 g/mol. The van der Waals surface area contributed by atoms with Gasteiger partial charge < -0.3 is 28.5 Å². The summed E-state index contributed by atoms with van der Waals surface area (Å²) in [7, 11) is -0.456. The number of esters is 1. The zero-order valence-corrected chi connectivity index (χ0v) is 46.3. The summed E-state index contributed by atoms with van der Waals surface area (Å²) in [6.45, 7) is 22.2. The summed E-state index contributed by atoms with van der Waals surface area (Å²) in [5.74, 6) is -0.865. The number of alkyl carbamates (subject to hydrolysis) is 1. The molecule has 3 heterocycles. The molecule has 1 aliphatic rings. The zero-order valence-electron chi connectivity index (χ0n) is 44.5. The van der Waals surface area contributed by atoms with Crippen molar-refractivity contribution in [2.75, 3.05) is 20.8 Å². The molecule has 19 heteroatoms.